The van der Waals surface area contributed by atoms with Crippen molar-refractivity contribution in [3.05, 3.63) is 28.2 Å². The molecule has 1 heterocycles. The van der Waals surface area contributed by atoms with Crippen molar-refractivity contribution in [2.75, 3.05) is 13.1 Å². The fourth-order valence-corrected chi connectivity index (χ4v) is 3.31. The van der Waals surface area contributed by atoms with Crippen LogP contribution in [-0.2, 0) is 6.42 Å². The predicted molar refractivity (Wildman–Crippen MR) is 81.7 cm³/mol. The van der Waals surface area contributed by atoms with Gasteiger partial charge in [-0.2, -0.15) is 0 Å². The van der Waals surface area contributed by atoms with Crippen molar-refractivity contribution in [3.8, 4) is 5.75 Å². The summed E-state index contributed by atoms with van der Waals surface area (Å²) in [5.74, 6) is 1.87. The molecule has 1 aromatic carbocycles. The number of hydrogen-bond acceptors (Lipinski definition) is 2. The third-order valence-electron chi connectivity index (χ3n) is 4.28. The Morgan fingerprint density at radius 1 is 1.21 bits per heavy atom. The monoisotopic (exact) mass is 323 g/mol. The summed E-state index contributed by atoms with van der Waals surface area (Å²) in [6.45, 7) is 2.33. The van der Waals surface area contributed by atoms with Crippen molar-refractivity contribution in [1.82, 2.24) is 5.32 Å². The number of nitrogens with one attached hydrogen (secondary N) is 1. The van der Waals surface area contributed by atoms with Crippen LogP contribution in [0.15, 0.2) is 22.7 Å². The molecule has 1 unspecified atom stereocenters. The molecule has 0 amide bonds. The number of rotatable bonds is 4. The van der Waals surface area contributed by atoms with Crippen molar-refractivity contribution in [1.29, 1.82) is 0 Å². The van der Waals surface area contributed by atoms with Gasteiger partial charge in [-0.05, 0) is 81.3 Å². The van der Waals surface area contributed by atoms with Crippen LogP contribution < -0.4 is 10.1 Å². The van der Waals surface area contributed by atoms with Gasteiger partial charge in [0.05, 0.1) is 6.10 Å². The molecule has 1 aliphatic heterocycles. The molecule has 19 heavy (non-hydrogen) atoms. The summed E-state index contributed by atoms with van der Waals surface area (Å²) in [6.07, 6.45) is 8.00. The summed E-state index contributed by atoms with van der Waals surface area (Å²) in [7, 11) is 0. The summed E-state index contributed by atoms with van der Waals surface area (Å²) in [5, 5.41) is 3.50. The van der Waals surface area contributed by atoms with E-state index >= 15 is 0 Å². The molecule has 104 valence electrons. The molecule has 3 rings (SSSR count). The lowest BCUT2D eigenvalue weighted by molar-refractivity contribution is 0.118. The van der Waals surface area contributed by atoms with Gasteiger partial charge in [-0.15, -0.1) is 0 Å². The molecule has 1 aromatic rings. The van der Waals surface area contributed by atoms with Gasteiger partial charge in [0.15, 0.2) is 0 Å². The normalized spacial score (nSPS) is 23.9. The zero-order chi connectivity index (χ0) is 13.1. The summed E-state index contributed by atoms with van der Waals surface area (Å²) in [6, 6.07) is 6.47. The van der Waals surface area contributed by atoms with Gasteiger partial charge < -0.3 is 10.1 Å². The van der Waals surface area contributed by atoms with Gasteiger partial charge in [-0.3, -0.25) is 0 Å². The van der Waals surface area contributed by atoms with Gasteiger partial charge in [0.25, 0.3) is 0 Å². The van der Waals surface area contributed by atoms with Crippen molar-refractivity contribution >= 4 is 15.9 Å². The Hall–Kier alpha value is -0.540. The summed E-state index contributed by atoms with van der Waals surface area (Å²) < 4.78 is 7.30. The quantitative estimate of drug-likeness (QED) is 0.906. The van der Waals surface area contributed by atoms with E-state index in [0.717, 1.165) is 29.1 Å². The highest BCUT2D eigenvalue weighted by Gasteiger charge is 2.22. The van der Waals surface area contributed by atoms with Crippen LogP contribution in [0.1, 0.15) is 37.7 Å². The molecule has 2 aliphatic rings. The van der Waals surface area contributed by atoms with E-state index in [-0.39, 0.29) is 0 Å². The Labute approximate surface area is 124 Å². The number of hydrogen-bond donors (Lipinski definition) is 1. The molecule has 0 spiro atoms. The molecule has 0 aromatic heterocycles. The molecular formula is C16H22BrNO. The van der Waals surface area contributed by atoms with E-state index in [1.165, 1.54) is 44.2 Å². The maximum absolute atomic E-state index is 6.14. The number of benzene rings is 1. The zero-order valence-electron chi connectivity index (χ0n) is 11.3. The Balaban J connectivity index is 1.71. The molecule has 0 bridgehead atoms. The maximum Gasteiger partial charge on any atom is 0.122 e. The fourth-order valence-electron chi connectivity index (χ4n) is 2.90. The van der Waals surface area contributed by atoms with Crippen LogP contribution in [0.3, 0.4) is 0 Å². The third kappa shape index (κ3) is 3.51. The van der Waals surface area contributed by atoms with E-state index in [9.17, 15) is 0 Å². The topological polar surface area (TPSA) is 21.3 Å². The van der Waals surface area contributed by atoms with Crippen molar-refractivity contribution in [3.63, 3.8) is 0 Å². The highest BCUT2D eigenvalue weighted by atomic mass is 79.9. The van der Waals surface area contributed by atoms with Gasteiger partial charge in [-0.25, -0.2) is 0 Å². The fraction of sp³-hybridized carbons (Fsp3) is 0.625. The van der Waals surface area contributed by atoms with Gasteiger partial charge in [0, 0.05) is 4.47 Å². The van der Waals surface area contributed by atoms with Crippen molar-refractivity contribution < 1.29 is 4.74 Å². The van der Waals surface area contributed by atoms with Crippen LogP contribution in [-0.4, -0.2) is 19.2 Å². The molecule has 1 N–H and O–H groups in total. The smallest absolute Gasteiger partial charge is 0.122 e. The minimum Gasteiger partial charge on any atom is -0.490 e. The van der Waals surface area contributed by atoms with Crippen LogP contribution in [0.25, 0.3) is 0 Å². The van der Waals surface area contributed by atoms with Gasteiger partial charge in [0.2, 0.25) is 0 Å². The second kappa shape index (κ2) is 6.27. The molecule has 1 saturated heterocycles. The van der Waals surface area contributed by atoms with Gasteiger partial charge in [-0.1, -0.05) is 15.9 Å². The summed E-state index contributed by atoms with van der Waals surface area (Å²) in [4.78, 5) is 0. The number of halogens is 1. The van der Waals surface area contributed by atoms with E-state index < -0.39 is 0 Å². The van der Waals surface area contributed by atoms with E-state index in [4.69, 9.17) is 4.74 Å². The van der Waals surface area contributed by atoms with Crippen LogP contribution >= 0.6 is 15.9 Å². The first kappa shape index (κ1) is 13.4. The van der Waals surface area contributed by atoms with Gasteiger partial charge >= 0.3 is 0 Å². The number of ether oxygens (including phenoxy) is 1. The first-order valence-corrected chi connectivity index (χ1v) is 8.26. The molecule has 2 nitrogen and oxygen atoms in total. The number of piperidine rings is 1. The lowest BCUT2D eigenvalue weighted by Crippen LogP contribution is -2.31. The average molecular weight is 324 g/mol. The maximum atomic E-state index is 6.14. The minimum absolute atomic E-state index is 0.462. The highest BCUT2D eigenvalue weighted by Crippen LogP contribution is 2.31. The third-order valence-corrected chi connectivity index (χ3v) is 4.77. The van der Waals surface area contributed by atoms with E-state index in [1.54, 1.807) is 0 Å². The van der Waals surface area contributed by atoms with Crippen LogP contribution in [0.4, 0.5) is 0 Å². The second-order valence-corrected chi connectivity index (χ2v) is 6.75. The molecule has 1 atom stereocenters. The van der Waals surface area contributed by atoms with Crippen molar-refractivity contribution in [2.24, 2.45) is 5.92 Å². The van der Waals surface area contributed by atoms with E-state index in [2.05, 4.69) is 39.4 Å². The molecule has 1 aliphatic carbocycles. The first-order valence-electron chi connectivity index (χ1n) is 7.47. The highest BCUT2D eigenvalue weighted by molar-refractivity contribution is 9.10. The molecular weight excluding hydrogens is 302 g/mol. The SMILES string of the molecule is Brc1ccc(OC2CCC2)c(CC2CCCNC2)c1. The predicted octanol–water partition coefficient (Wildman–Crippen LogP) is 3.92. The van der Waals surface area contributed by atoms with Crippen molar-refractivity contribution in [2.45, 2.75) is 44.6 Å². The summed E-state index contributed by atoms with van der Waals surface area (Å²) in [5.41, 5.74) is 1.37. The second-order valence-electron chi connectivity index (χ2n) is 5.84. The molecule has 2 fully saturated rings. The zero-order valence-corrected chi connectivity index (χ0v) is 12.9. The van der Waals surface area contributed by atoms with E-state index in [1.807, 2.05) is 0 Å². The standard InChI is InChI=1S/C16H22BrNO/c17-14-6-7-16(19-15-4-1-5-15)13(10-14)9-12-3-2-8-18-11-12/h6-7,10,12,15,18H,1-5,8-9,11H2. The Bertz CT molecular complexity index is 425. The molecule has 0 radical (unpaired) electrons. The summed E-state index contributed by atoms with van der Waals surface area (Å²) >= 11 is 3.59. The molecule has 3 heteroatoms. The Kier molecular flexibility index (Phi) is 4.44. The minimum atomic E-state index is 0.462. The lowest BCUT2D eigenvalue weighted by Gasteiger charge is -2.29. The first-order chi connectivity index (χ1) is 9.31. The van der Waals surface area contributed by atoms with Crippen LogP contribution in [0, 0.1) is 5.92 Å². The van der Waals surface area contributed by atoms with Crippen LogP contribution in [0.2, 0.25) is 0 Å². The lowest BCUT2D eigenvalue weighted by atomic mass is 9.91. The largest absolute Gasteiger partial charge is 0.490 e. The van der Waals surface area contributed by atoms with Gasteiger partial charge in [0.1, 0.15) is 5.75 Å². The van der Waals surface area contributed by atoms with E-state index in [0.29, 0.717) is 6.10 Å². The molecule has 1 saturated carbocycles. The Morgan fingerprint density at radius 2 is 2.11 bits per heavy atom. The van der Waals surface area contributed by atoms with Crippen LogP contribution in [0.5, 0.6) is 5.75 Å². The Morgan fingerprint density at radius 3 is 2.79 bits per heavy atom. The average Bonchev–Trinajstić information content (AvgIpc) is 2.37.